The molecule has 11 heteroatoms. The Morgan fingerprint density at radius 2 is 1.44 bits per heavy atom. The van der Waals surface area contributed by atoms with Crippen molar-refractivity contribution in [1.29, 1.82) is 0 Å². The highest BCUT2D eigenvalue weighted by molar-refractivity contribution is 9.10. The van der Waals surface area contributed by atoms with Crippen LogP contribution >= 0.6 is 50.7 Å². The van der Waals surface area contributed by atoms with Crippen LogP contribution in [0.15, 0.2) is 94.3 Å². The lowest BCUT2D eigenvalue weighted by molar-refractivity contribution is 0.102. The lowest BCUT2D eigenvalue weighted by Crippen LogP contribution is -2.18. The number of benzene rings is 4. The summed E-state index contributed by atoms with van der Waals surface area (Å²) < 4.78 is 34.5. The highest BCUT2D eigenvalue weighted by Crippen LogP contribution is 2.33. The Balaban J connectivity index is 1.54. The van der Waals surface area contributed by atoms with Crippen LogP contribution in [0.3, 0.4) is 0 Å². The van der Waals surface area contributed by atoms with Crippen molar-refractivity contribution in [3.05, 3.63) is 110 Å². The molecule has 0 aliphatic heterocycles. The zero-order valence-electron chi connectivity index (χ0n) is 18.1. The first kappa shape index (κ1) is 26.3. The number of sulfonamides is 1. The summed E-state index contributed by atoms with van der Waals surface area (Å²) >= 11 is 21.4. The number of halogens is 4. The average Bonchev–Trinajstić information content (AvgIpc) is 2.83. The lowest BCUT2D eigenvalue weighted by Gasteiger charge is -2.14. The van der Waals surface area contributed by atoms with Gasteiger partial charge in [0.05, 0.1) is 21.2 Å². The minimum Gasteiger partial charge on any atom is -0.456 e. The molecule has 0 spiro atoms. The van der Waals surface area contributed by atoms with Gasteiger partial charge in [-0.05, 0) is 84.9 Å². The number of ether oxygens (including phenoxy) is 1. The molecule has 0 unspecified atom stereocenters. The molecule has 4 rings (SSSR count). The van der Waals surface area contributed by atoms with Crippen molar-refractivity contribution in [3.8, 4) is 11.5 Å². The molecule has 0 aromatic heterocycles. The van der Waals surface area contributed by atoms with Gasteiger partial charge in [0.25, 0.3) is 15.9 Å². The Hall–Kier alpha value is -2.75. The largest absolute Gasteiger partial charge is 0.456 e. The summed E-state index contributed by atoms with van der Waals surface area (Å²) in [5.41, 5.74) is 0.582. The molecular weight excluding hydrogens is 611 g/mol. The SMILES string of the molecule is O=C(Nc1ccc(Oc2ccc(Cl)cc2)c(Cl)c1)c1cc(Br)ccc1NS(=O)(=O)c1ccc(Cl)cc1. The number of carbonyl (C=O) groups is 1. The predicted octanol–water partition coefficient (Wildman–Crippen LogP) is 8.25. The van der Waals surface area contributed by atoms with Crippen molar-refractivity contribution in [3.63, 3.8) is 0 Å². The second kappa shape index (κ2) is 11.1. The Bertz CT molecular complexity index is 1530. The fourth-order valence-corrected chi connectivity index (χ4v) is 5.01. The van der Waals surface area contributed by atoms with E-state index in [0.29, 0.717) is 31.7 Å². The predicted molar refractivity (Wildman–Crippen MR) is 147 cm³/mol. The number of hydrogen-bond acceptors (Lipinski definition) is 4. The maximum atomic E-state index is 13.1. The first-order chi connectivity index (χ1) is 17.1. The molecule has 0 aliphatic carbocycles. The van der Waals surface area contributed by atoms with Gasteiger partial charge in [0.1, 0.15) is 11.5 Å². The third-order valence-electron chi connectivity index (χ3n) is 4.83. The summed E-state index contributed by atoms with van der Waals surface area (Å²) in [5, 5.41) is 3.97. The highest BCUT2D eigenvalue weighted by Gasteiger charge is 2.20. The normalized spacial score (nSPS) is 11.1. The van der Waals surface area contributed by atoms with Gasteiger partial charge in [0.2, 0.25) is 0 Å². The molecule has 0 fully saturated rings. The van der Waals surface area contributed by atoms with Crippen molar-refractivity contribution >= 4 is 78.0 Å². The van der Waals surface area contributed by atoms with Gasteiger partial charge >= 0.3 is 0 Å². The summed E-state index contributed by atoms with van der Waals surface area (Å²) in [6, 6.07) is 21.8. The molecule has 0 heterocycles. The topological polar surface area (TPSA) is 84.5 Å². The van der Waals surface area contributed by atoms with E-state index in [0.717, 1.165) is 0 Å². The molecule has 2 N–H and O–H groups in total. The van der Waals surface area contributed by atoms with Crippen LogP contribution in [-0.4, -0.2) is 14.3 Å². The van der Waals surface area contributed by atoms with E-state index in [2.05, 4.69) is 26.0 Å². The molecule has 36 heavy (non-hydrogen) atoms. The summed E-state index contributed by atoms with van der Waals surface area (Å²) in [6.45, 7) is 0. The van der Waals surface area contributed by atoms with E-state index in [9.17, 15) is 13.2 Å². The summed E-state index contributed by atoms with van der Waals surface area (Å²) in [4.78, 5) is 13.1. The van der Waals surface area contributed by atoms with Crippen LogP contribution in [0.2, 0.25) is 15.1 Å². The lowest BCUT2D eigenvalue weighted by atomic mass is 10.1. The van der Waals surface area contributed by atoms with Gasteiger partial charge in [-0.25, -0.2) is 8.42 Å². The second-order valence-electron chi connectivity index (χ2n) is 7.40. The Labute approximate surface area is 231 Å². The van der Waals surface area contributed by atoms with Crippen LogP contribution in [-0.2, 0) is 10.0 Å². The van der Waals surface area contributed by atoms with Crippen molar-refractivity contribution in [2.24, 2.45) is 0 Å². The molecule has 0 aliphatic rings. The molecule has 0 saturated heterocycles. The van der Waals surface area contributed by atoms with Gasteiger partial charge in [-0.2, -0.15) is 0 Å². The van der Waals surface area contributed by atoms with Crippen LogP contribution < -0.4 is 14.8 Å². The molecule has 184 valence electrons. The number of anilines is 2. The molecule has 0 radical (unpaired) electrons. The van der Waals surface area contributed by atoms with E-state index in [4.69, 9.17) is 39.5 Å². The van der Waals surface area contributed by atoms with Gasteiger partial charge < -0.3 is 10.1 Å². The van der Waals surface area contributed by atoms with Crippen LogP contribution in [0.1, 0.15) is 10.4 Å². The van der Waals surface area contributed by atoms with Crippen molar-refractivity contribution < 1.29 is 17.9 Å². The minimum atomic E-state index is -3.97. The standard InChI is InChI=1S/C25H16BrCl3N2O4S/c26-15-1-11-23(31-36(33,34)20-9-4-17(28)5-10-20)21(13-15)25(32)30-18-6-12-24(22(29)14-18)35-19-7-2-16(27)3-8-19/h1-14,31H,(H,30,32). The van der Waals surface area contributed by atoms with Gasteiger partial charge in [0, 0.05) is 20.2 Å². The molecule has 4 aromatic rings. The number of rotatable bonds is 7. The van der Waals surface area contributed by atoms with Gasteiger partial charge in [-0.15, -0.1) is 0 Å². The number of amides is 1. The zero-order valence-corrected chi connectivity index (χ0v) is 22.8. The Kier molecular flexibility index (Phi) is 8.12. The van der Waals surface area contributed by atoms with Crippen LogP contribution in [0.4, 0.5) is 11.4 Å². The van der Waals surface area contributed by atoms with Crippen molar-refractivity contribution in [2.75, 3.05) is 10.0 Å². The van der Waals surface area contributed by atoms with Gasteiger partial charge in [0.15, 0.2) is 0 Å². The van der Waals surface area contributed by atoms with E-state index in [1.807, 2.05) is 0 Å². The highest BCUT2D eigenvalue weighted by atomic mass is 79.9. The van der Waals surface area contributed by atoms with Crippen molar-refractivity contribution in [2.45, 2.75) is 4.90 Å². The fourth-order valence-electron chi connectivity index (χ4n) is 3.10. The smallest absolute Gasteiger partial charge is 0.261 e. The zero-order chi connectivity index (χ0) is 25.9. The van der Waals surface area contributed by atoms with Gasteiger partial charge in [-0.3, -0.25) is 9.52 Å². The molecule has 0 saturated carbocycles. The Morgan fingerprint density at radius 1 is 0.806 bits per heavy atom. The minimum absolute atomic E-state index is 0.00392. The molecule has 0 bridgehead atoms. The van der Waals surface area contributed by atoms with Crippen LogP contribution in [0.5, 0.6) is 11.5 Å². The summed E-state index contributed by atoms with van der Waals surface area (Å²) in [7, 11) is -3.97. The van der Waals surface area contributed by atoms with E-state index in [-0.39, 0.29) is 21.2 Å². The third kappa shape index (κ3) is 6.52. The fraction of sp³-hybridized carbons (Fsp3) is 0. The average molecular weight is 627 g/mol. The first-order valence-electron chi connectivity index (χ1n) is 10.2. The first-order valence-corrected chi connectivity index (χ1v) is 13.6. The van der Waals surface area contributed by atoms with Crippen LogP contribution in [0, 0.1) is 0 Å². The third-order valence-corrected chi connectivity index (χ3v) is 7.50. The van der Waals surface area contributed by atoms with E-state index < -0.39 is 15.9 Å². The van der Waals surface area contributed by atoms with Crippen LogP contribution in [0.25, 0.3) is 0 Å². The quantitative estimate of drug-likeness (QED) is 0.216. The van der Waals surface area contributed by atoms with E-state index in [1.165, 1.54) is 42.5 Å². The molecular formula is C25H16BrCl3N2O4S. The maximum absolute atomic E-state index is 13.1. The molecule has 0 atom stereocenters. The number of hydrogen-bond donors (Lipinski definition) is 2. The Morgan fingerprint density at radius 3 is 2.08 bits per heavy atom. The summed E-state index contributed by atoms with van der Waals surface area (Å²) in [5.74, 6) is 0.383. The van der Waals surface area contributed by atoms with Gasteiger partial charge in [-0.1, -0.05) is 50.7 Å². The molecule has 6 nitrogen and oxygen atoms in total. The number of nitrogens with one attached hydrogen (secondary N) is 2. The maximum Gasteiger partial charge on any atom is 0.261 e. The van der Waals surface area contributed by atoms with E-state index >= 15 is 0 Å². The monoisotopic (exact) mass is 624 g/mol. The number of carbonyl (C=O) groups excluding carboxylic acids is 1. The van der Waals surface area contributed by atoms with E-state index in [1.54, 1.807) is 42.5 Å². The molecule has 1 amide bonds. The molecule has 4 aromatic carbocycles. The second-order valence-corrected chi connectivity index (χ2v) is 11.3. The summed E-state index contributed by atoms with van der Waals surface area (Å²) in [6.07, 6.45) is 0. The van der Waals surface area contributed by atoms with Crippen molar-refractivity contribution in [1.82, 2.24) is 0 Å².